The molecular formula is C16H11ClFN3O2. The molecule has 3 aromatic rings. The molecule has 0 atom stereocenters. The SMILES string of the molecule is O=C(Cn1cnc2ccc(Cl)cc2c1=O)Nc1ccccc1F. The van der Waals surface area contributed by atoms with Crippen molar-refractivity contribution in [2.75, 3.05) is 5.32 Å². The van der Waals surface area contributed by atoms with Crippen molar-refractivity contribution in [2.24, 2.45) is 0 Å². The van der Waals surface area contributed by atoms with Gasteiger partial charge in [-0.2, -0.15) is 0 Å². The van der Waals surface area contributed by atoms with Crippen LogP contribution in [0.3, 0.4) is 0 Å². The zero-order valence-corrected chi connectivity index (χ0v) is 12.5. The number of carbonyl (C=O) groups is 1. The second kappa shape index (κ2) is 6.18. The van der Waals surface area contributed by atoms with Crippen LogP contribution in [0.2, 0.25) is 5.02 Å². The lowest BCUT2D eigenvalue weighted by molar-refractivity contribution is -0.116. The van der Waals surface area contributed by atoms with E-state index in [0.29, 0.717) is 15.9 Å². The van der Waals surface area contributed by atoms with Crippen molar-refractivity contribution >= 4 is 34.1 Å². The van der Waals surface area contributed by atoms with Crippen molar-refractivity contribution in [2.45, 2.75) is 6.54 Å². The second-order valence-corrected chi connectivity index (χ2v) is 5.30. The molecule has 0 radical (unpaired) electrons. The summed E-state index contributed by atoms with van der Waals surface area (Å²) in [6.07, 6.45) is 1.28. The third kappa shape index (κ3) is 3.22. The number of benzene rings is 2. The molecule has 5 nitrogen and oxygen atoms in total. The van der Waals surface area contributed by atoms with Gasteiger partial charge in [0, 0.05) is 5.02 Å². The van der Waals surface area contributed by atoms with Gasteiger partial charge in [-0.3, -0.25) is 14.2 Å². The van der Waals surface area contributed by atoms with E-state index in [-0.39, 0.29) is 17.8 Å². The molecular weight excluding hydrogens is 321 g/mol. The minimum Gasteiger partial charge on any atom is -0.322 e. The summed E-state index contributed by atoms with van der Waals surface area (Å²) >= 11 is 5.88. The molecule has 0 saturated heterocycles. The Bertz CT molecular complexity index is 955. The molecule has 1 N–H and O–H groups in total. The minimum atomic E-state index is -0.545. The maximum atomic E-state index is 13.5. The normalized spacial score (nSPS) is 10.7. The van der Waals surface area contributed by atoms with Crippen molar-refractivity contribution in [1.82, 2.24) is 9.55 Å². The number of rotatable bonds is 3. The number of fused-ring (bicyclic) bond motifs is 1. The molecule has 7 heteroatoms. The predicted molar refractivity (Wildman–Crippen MR) is 86.0 cm³/mol. The Morgan fingerprint density at radius 3 is 2.83 bits per heavy atom. The van der Waals surface area contributed by atoms with E-state index in [2.05, 4.69) is 10.3 Å². The first-order chi connectivity index (χ1) is 11.0. The fraction of sp³-hybridized carbons (Fsp3) is 0.0625. The van der Waals surface area contributed by atoms with Crippen molar-refractivity contribution in [3.63, 3.8) is 0 Å². The number of amides is 1. The molecule has 1 aromatic heterocycles. The molecule has 0 bridgehead atoms. The maximum Gasteiger partial charge on any atom is 0.261 e. The Morgan fingerprint density at radius 1 is 1.26 bits per heavy atom. The Hall–Kier alpha value is -2.73. The molecule has 0 fully saturated rings. The molecule has 2 aromatic carbocycles. The van der Waals surface area contributed by atoms with Crippen LogP contribution < -0.4 is 10.9 Å². The van der Waals surface area contributed by atoms with Crippen molar-refractivity contribution in [1.29, 1.82) is 0 Å². The molecule has 23 heavy (non-hydrogen) atoms. The van der Waals surface area contributed by atoms with E-state index in [9.17, 15) is 14.0 Å². The number of aromatic nitrogens is 2. The fourth-order valence-electron chi connectivity index (χ4n) is 2.15. The highest BCUT2D eigenvalue weighted by molar-refractivity contribution is 6.31. The lowest BCUT2D eigenvalue weighted by atomic mass is 10.2. The minimum absolute atomic E-state index is 0.0577. The van der Waals surface area contributed by atoms with E-state index in [1.165, 1.54) is 30.6 Å². The summed E-state index contributed by atoms with van der Waals surface area (Å²) in [6.45, 7) is -0.275. The van der Waals surface area contributed by atoms with Gasteiger partial charge in [0.05, 0.1) is 22.9 Å². The van der Waals surface area contributed by atoms with Crippen LogP contribution >= 0.6 is 11.6 Å². The smallest absolute Gasteiger partial charge is 0.261 e. The molecule has 116 valence electrons. The number of halogens is 2. The van der Waals surface area contributed by atoms with Gasteiger partial charge in [0.15, 0.2) is 0 Å². The first kappa shape index (κ1) is 15.2. The summed E-state index contributed by atoms with van der Waals surface area (Å²) in [5, 5.41) is 3.14. The van der Waals surface area contributed by atoms with E-state index in [1.807, 2.05) is 0 Å². The van der Waals surface area contributed by atoms with Gasteiger partial charge in [-0.25, -0.2) is 9.37 Å². The van der Waals surface area contributed by atoms with Gasteiger partial charge in [-0.1, -0.05) is 23.7 Å². The summed E-state index contributed by atoms with van der Waals surface area (Å²) in [7, 11) is 0. The summed E-state index contributed by atoms with van der Waals surface area (Å²) in [5.41, 5.74) is 0.161. The predicted octanol–water partition coefficient (Wildman–Crippen LogP) is 2.83. The van der Waals surface area contributed by atoms with Crippen LogP contribution in [-0.2, 0) is 11.3 Å². The molecule has 3 rings (SSSR count). The lowest BCUT2D eigenvalue weighted by Crippen LogP contribution is -2.28. The van der Waals surface area contributed by atoms with Gasteiger partial charge in [0.25, 0.3) is 5.56 Å². The van der Waals surface area contributed by atoms with Gasteiger partial charge in [-0.15, -0.1) is 0 Å². The zero-order valence-electron chi connectivity index (χ0n) is 11.8. The Kier molecular flexibility index (Phi) is 4.08. The van der Waals surface area contributed by atoms with E-state index < -0.39 is 11.7 Å². The van der Waals surface area contributed by atoms with Crippen LogP contribution in [0.1, 0.15) is 0 Å². The van der Waals surface area contributed by atoms with E-state index in [4.69, 9.17) is 11.6 Å². The first-order valence-corrected chi connectivity index (χ1v) is 7.11. The maximum absolute atomic E-state index is 13.5. The molecule has 0 aliphatic rings. The van der Waals surface area contributed by atoms with Crippen molar-refractivity contribution in [3.05, 3.63) is 70.0 Å². The number of para-hydroxylation sites is 1. The number of nitrogens with one attached hydrogen (secondary N) is 1. The van der Waals surface area contributed by atoms with Crippen LogP contribution in [0, 0.1) is 5.82 Å². The highest BCUT2D eigenvalue weighted by Crippen LogP contribution is 2.14. The number of hydrogen-bond donors (Lipinski definition) is 1. The Labute approximate surface area is 135 Å². The van der Waals surface area contributed by atoms with Crippen LogP contribution in [0.5, 0.6) is 0 Å². The number of nitrogens with zero attached hydrogens (tertiary/aromatic N) is 2. The van der Waals surface area contributed by atoms with Crippen LogP contribution in [-0.4, -0.2) is 15.5 Å². The van der Waals surface area contributed by atoms with E-state index in [1.54, 1.807) is 18.2 Å². The quantitative estimate of drug-likeness (QED) is 0.802. The monoisotopic (exact) mass is 331 g/mol. The lowest BCUT2D eigenvalue weighted by Gasteiger charge is -2.08. The van der Waals surface area contributed by atoms with Crippen molar-refractivity contribution in [3.8, 4) is 0 Å². The number of hydrogen-bond acceptors (Lipinski definition) is 3. The highest BCUT2D eigenvalue weighted by Gasteiger charge is 2.10. The van der Waals surface area contributed by atoms with Crippen LogP contribution in [0.4, 0.5) is 10.1 Å². The topological polar surface area (TPSA) is 64.0 Å². The average Bonchev–Trinajstić information content (AvgIpc) is 2.53. The highest BCUT2D eigenvalue weighted by atomic mass is 35.5. The molecule has 0 unspecified atom stereocenters. The number of carbonyl (C=O) groups excluding carboxylic acids is 1. The first-order valence-electron chi connectivity index (χ1n) is 6.73. The Balaban J connectivity index is 1.87. The van der Waals surface area contributed by atoms with Gasteiger partial charge < -0.3 is 5.32 Å². The zero-order chi connectivity index (χ0) is 16.4. The largest absolute Gasteiger partial charge is 0.322 e. The van der Waals surface area contributed by atoms with Crippen molar-refractivity contribution < 1.29 is 9.18 Å². The number of anilines is 1. The molecule has 0 aliphatic carbocycles. The third-order valence-electron chi connectivity index (χ3n) is 3.25. The fourth-order valence-corrected chi connectivity index (χ4v) is 2.32. The summed E-state index contributed by atoms with van der Waals surface area (Å²) in [4.78, 5) is 28.5. The van der Waals surface area contributed by atoms with Crippen LogP contribution in [0.25, 0.3) is 10.9 Å². The summed E-state index contributed by atoms with van der Waals surface area (Å²) in [6, 6.07) is 10.6. The van der Waals surface area contributed by atoms with E-state index in [0.717, 1.165) is 4.57 Å². The van der Waals surface area contributed by atoms with Gasteiger partial charge >= 0.3 is 0 Å². The molecule has 0 aliphatic heterocycles. The molecule has 0 spiro atoms. The van der Waals surface area contributed by atoms with Gasteiger partial charge in [-0.05, 0) is 30.3 Å². The molecule has 0 saturated carbocycles. The third-order valence-corrected chi connectivity index (χ3v) is 3.48. The Morgan fingerprint density at radius 2 is 2.04 bits per heavy atom. The van der Waals surface area contributed by atoms with Gasteiger partial charge in [0.1, 0.15) is 12.4 Å². The van der Waals surface area contributed by atoms with Crippen LogP contribution in [0.15, 0.2) is 53.6 Å². The average molecular weight is 332 g/mol. The summed E-state index contributed by atoms with van der Waals surface area (Å²) < 4.78 is 14.7. The molecule has 1 heterocycles. The second-order valence-electron chi connectivity index (χ2n) is 4.87. The molecule has 1 amide bonds. The summed E-state index contributed by atoms with van der Waals surface area (Å²) in [5.74, 6) is -1.07. The van der Waals surface area contributed by atoms with Gasteiger partial charge in [0.2, 0.25) is 5.91 Å². The van der Waals surface area contributed by atoms with E-state index >= 15 is 0 Å². The standard InChI is InChI=1S/C16H11ClFN3O2/c17-10-5-6-13-11(7-10)16(23)21(9-19-13)8-15(22)20-14-4-2-1-3-12(14)18/h1-7,9H,8H2,(H,20,22).